The first-order valence-corrected chi connectivity index (χ1v) is 7.84. The Morgan fingerprint density at radius 1 is 1.24 bits per heavy atom. The van der Waals surface area contributed by atoms with Gasteiger partial charge in [0.1, 0.15) is 0 Å². The first-order chi connectivity index (χ1) is 10.2. The molecule has 0 bridgehead atoms. The summed E-state index contributed by atoms with van der Waals surface area (Å²) in [5.74, 6) is 1.03. The standard InChI is InChI=1S/C18H23NO2/c1-2-21-18(20)13-15-5-9-17(10-6-15)16-7-3-14(4-8-16)11-12-19/h3-4,7-8,15,17H,2,5-6,9-11,13H2,1H3. The summed E-state index contributed by atoms with van der Waals surface area (Å²) >= 11 is 0. The smallest absolute Gasteiger partial charge is 0.306 e. The molecule has 0 heterocycles. The van der Waals surface area contributed by atoms with Crippen molar-refractivity contribution in [2.24, 2.45) is 5.92 Å². The van der Waals surface area contributed by atoms with Crippen LogP contribution in [-0.2, 0) is 16.0 Å². The van der Waals surface area contributed by atoms with E-state index in [9.17, 15) is 4.79 Å². The predicted octanol–water partition coefficient (Wildman–Crippen LogP) is 3.98. The van der Waals surface area contributed by atoms with Crippen LogP contribution < -0.4 is 0 Å². The highest BCUT2D eigenvalue weighted by atomic mass is 16.5. The summed E-state index contributed by atoms with van der Waals surface area (Å²) in [6.07, 6.45) is 5.53. The SMILES string of the molecule is CCOC(=O)CC1CCC(c2ccc(CC#N)cc2)CC1. The molecule has 0 saturated heterocycles. The molecule has 0 N–H and O–H groups in total. The number of carbonyl (C=O) groups is 1. The van der Waals surface area contributed by atoms with Gasteiger partial charge in [0.05, 0.1) is 19.1 Å². The van der Waals surface area contributed by atoms with Crippen LogP contribution in [0.5, 0.6) is 0 Å². The highest BCUT2D eigenvalue weighted by Gasteiger charge is 2.24. The lowest BCUT2D eigenvalue weighted by Crippen LogP contribution is -2.17. The fourth-order valence-corrected chi connectivity index (χ4v) is 3.15. The van der Waals surface area contributed by atoms with Crippen molar-refractivity contribution >= 4 is 5.97 Å². The van der Waals surface area contributed by atoms with Gasteiger partial charge in [-0.15, -0.1) is 0 Å². The second-order valence-corrected chi connectivity index (χ2v) is 5.80. The van der Waals surface area contributed by atoms with Crippen LogP contribution in [-0.4, -0.2) is 12.6 Å². The minimum absolute atomic E-state index is 0.0539. The Labute approximate surface area is 126 Å². The van der Waals surface area contributed by atoms with E-state index >= 15 is 0 Å². The van der Waals surface area contributed by atoms with E-state index in [1.807, 2.05) is 6.92 Å². The van der Waals surface area contributed by atoms with Gasteiger partial charge in [0.15, 0.2) is 0 Å². The minimum atomic E-state index is -0.0539. The van der Waals surface area contributed by atoms with Gasteiger partial charge in [-0.25, -0.2) is 0 Å². The maximum absolute atomic E-state index is 11.5. The van der Waals surface area contributed by atoms with Gasteiger partial charge in [-0.2, -0.15) is 5.26 Å². The Balaban J connectivity index is 1.83. The van der Waals surface area contributed by atoms with Crippen molar-refractivity contribution in [3.05, 3.63) is 35.4 Å². The number of rotatable bonds is 5. The van der Waals surface area contributed by atoms with Gasteiger partial charge in [0, 0.05) is 6.42 Å². The molecule has 0 aliphatic heterocycles. The number of nitriles is 1. The van der Waals surface area contributed by atoms with Crippen LogP contribution in [0.3, 0.4) is 0 Å². The van der Waals surface area contributed by atoms with Crippen LogP contribution in [0.25, 0.3) is 0 Å². The van der Waals surface area contributed by atoms with E-state index in [1.54, 1.807) is 0 Å². The number of benzene rings is 1. The van der Waals surface area contributed by atoms with Gasteiger partial charge in [-0.3, -0.25) is 4.79 Å². The van der Waals surface area contributed by atoms with Crippen LogP contribution in [0.2, 0.25) is 0 Å². The monoisotopic (exact) mass is 285 g/mol. The van der Waals surface area contributed by atoms with Crippen molar-refractivity contribution in [2.45, 2.75) is 51.4 Å². The molecule has 0 unspecified atom stereocenters. The fourth-order valence-electron chi connectivity index (χ4n) is 3.15. The van der Waals surface area contributed by atoms with Crippen LogP contribution in [0.1, 0.15) is 56.1 Å². The summed E-state index contributed by atoms with van der Waals surface area (Å²) in [6, 6.07) is 10.6. The Hall–Kier alpha value is -1.82. The van der Waals surface area contributed by atoms with Crippen molar-refractivity contribution in [1.82, 2.24) is 0 Å². The van der Waals surface area contributed by atoms with Crippen LogP contribution in [0.4, 0.5) is 0 Å². The largest absolute Gasteiger partial charge is 0.466 e. The number of ether oxygens (including phenoxy) is 1. The van der Waals surface area contributed by atoms with Gasteiger partial charge in [0.2, 0.25) is 0 Å². The molecular formula is C18H23NO2. The maximum Gasteiger partial charge on any atom is 0.306 e. The van der Waals surface area contributed by atoms with Gasteiger partial charge >= 0.3 is 5.97 Å². The first kappa shape index (κ1) is 15.6. The normalized spacial score (nSPS) is 21.5. The number of carbonyl (C=O) groups excluding carboxylic acids is 1. The second-order valence-electron chi connectivity index (χ2n) is 5.80. The number of esters is 1. The van der Waals surface area contributed by atoms with E-state index in [4.69, 9.17) is 10.00 Å². The Morgan fingerprint density at radius 3 is 2.48 bits per heavy atom. The van der Waals surface area contributed by atoms with E-state index < -0.39 is 0 Å². The molecule has 1 fully saturated rings. The number of hydrogen-bond donors (Lipinski definition) is 0. The third kappa shape index (κ3) is 4.60. The van der Waals surface area contributed by atoms with E-state index in [0.717, 1.165) is 31.2 Å². The summed E-state index contributed by atoms with van der Waals surface area (Å²) in [6.45, 7) is 2.33. The third-order valence-corrected chi connectivity index (χ3v) is 4.34. The van der Waals surface area contributed by atoms with Gasteiger partial charge in [-0.05, 0) is 55.6 Å². The number of hydrogen-bond acceptors (Lipinski definition) is 3. The average molecular weight is 285 g/mol. The van der Waals surface area contributed by atoms with E-state index in [0.29, 0.717) is 31.3 Å². The van der Waals surface area contributed by atoms with Crippen molar-refractivity contribution in [1.29, 1.82) is 5.26 Å². The lowest BCUT2D eigenvalue weighted by molar-refractivity contribution is -0.144. The summed E-state index contributed by atoms with van der Waals surface area (Å²) < 4.78 is 5.03. The minimum Gasteiger partial charge on any atom is -0.466 e. The molecule has 1 aliphatic carbocycles. The lowest BCUT2D eigenvalue weighted by atomic mass is 9.77. The molecule has 112 valence electrons. The van der Waals surface area contributed by atoms with Crippen molar-refractivity contribution in [3.8, 4) is 6.07 Å². The fraction of sp³-hybridized carbons (Fsp3) is 0.556. The molecule has 2 rings (SSSR count). The molecule has 0 radical (unpaired) electrons. The highest BCUT2D eigenvalue weighted by molar-refractivity contribution is 5.69. The Morgan fingerprint density at radius 2 is 1.90 bits per heavy atom. The summed E-state index contributed by atoms with van der Waals surface area (Å²) in [7, 11) is 0. The van der Waals surface area contributed by atoms with Crippen molar-refractivity contribution in [2.75, 3.05) is 6.61 Å². The molecule has 0 spiro atoms. The van der Waals surface area contributed by atoms with Gasteiger partial charge < -0.3 is 4.74 Å². The second kappa shape index (κ2) is 7.83. The van der Waals surface area contributed by atoms with Crippen LogP contribution in [0, 0.1) is 17.2 Å². The van der Waals surface area contributed by atoms with Crippen molar-refractivity contribution < 1.29 is 9.53 Å². The quantitative estimate of drug-likeness (QED) is 0.769. The van der Waals surface area contributed by atoms with Crippen LogP contribution >= 0.6 is 0 Å². The summed E-state index contributed by atoms with van der Waals surface area (Å²) in [5, 5.41) is 8.69. The summed E-state index contributed by atoms with van der Waals surface area (Å²) in [4.78, 5) is 11.5. The molecule has 0 aromatic heterocycles. The zero-order valence-corrected chi connectivity index (χ0v) is 12.7. The zero-order chi connectivity index (χ0) is 15.1. The number of nitrogens with zero attached hydrogens (tertiary/aromatic N) is 1. The molecule has 1 saturated carbocycles. The molecule has 1 aromatic carbocycles. The van der Waals surface area contributed by atoms with Crippen molar-refractivity contribution in [3.63, 3.8) is 0 Å². The topological polar surface area (TPSA) is 50.1 Å². The Kier molecular flexibility index (Phi) is 5.80. The third-order valence-electron chi connectivity index (χ3n) is 4.34. The molecule has 1 aromatic rings. The lowest BCUT2D eigenvalue weighted by Gasteiger charge is -2.28. The molecule has 3 nitrogen and oxygen atoms in total. The maximum atomic E-state index is 11.5. The molecule has 1 aliphatic rings. The highest BCUT2D eigenvalue weighted by Crippen LogP contribution is 2.37. The molecule has 0 amide bonds. The van der Waals surface area contributed by atoms with Gasteiger partial charge in [-0.1, -0.05) is 24.3 Å². The van der Waals surface area contributed by atoms with E-state index in [-0.39, 0.29) is 5.97 Å². The van der Waals surface area contributed by atoms with Crippen LogP contribution in [0.15, 0.2) is 24.3 Å². The Bertz CT molecular complexity index is 493. The average Bonchev–Trinajstić information content (AvgIpc) is 2.49. The summed E-state index contributed by atoms with van der Waals surface area (Å²) in [5.41, 5.74) is 2.45. The molecule has 21 heavy (non-hydrogen) atoms. The van der Waals surface area contributed by atoms with E-state index in [2.05, 4.69) is 30.3 Å². The van der Waals surface area contributed by atoms with Gasteiger partial charge in [0.25, 0.3) is 0 Å². The molecule has 0 atom stereocenters. The predicted molar refractivity (Wildman–Crippen MR) is 81.7 cm³/mol. The molecular weight excluding hydrogens is 262 g/mol. The van der Waals surface area contributed by atoms with E-state index in [1.165, 1.54) is 5.56 Å². The molecule has 3 heteroatoms. The first-order valence-electron chi connectivity index (χ1n) is 7.84. The zero-order valence-electron chi connectivity index (χ0n) is 12.7.